The van der Waals surface area contributed by atoms with Crippen molar-refractivity contribution < 1.29 is 8.83 Å². The number of nitrogens with zero attached hydrogens (tertiary/aromatic N) is 1. The van der Waals surface area contributed by atoms with Gasteiger partial charge in [0.15, 0.2) is 0 Å². The summed E-state index contributed by atoms with van der Waals surface area (Å²) in [6.07, 6.45) is 0. The van der Waals surface area contributed by atoms with E-state index in [1.165, 1.54) is 10.8 Å². The van der Waals surface area contributed by atoms with Crippen molar-refractivity contribution in [1.82, 2.24) is 0 Å². The largest absolute Gasteiger partial charge is 0.456 e. The van der Waals surface area contributed by atoms with Gasteiger partial charge in [0.25, 0.3) is 0 Å². The van der Waals surface area contributed by atoms with E-state index in [1.54, 1.807) is 0 Å². The maximum atomic E-state index is 6.47. The number of hydrogen-bond acceptors (Lipinski definition) is 3. The molecule has 0 N–H and O–H groups in total. The Balaban J connectivity index is 1.11. The summed E-state index contributed by atoms with van der Waals surface area (Å²) in [5.41, 5.74) is 9.09. The Labute approximate surface area is 270 Å². The molecule has 0 bridgehead atoms. The van der Waals surface area contributed by atoms with Gasteiger partial charge in [-0.2, -0.15) is 0 Å². The lowest BCUT2D eigenvalue weighted by Gasteiger charge is -2.25. The topological polar surface area (TPSA) is 29.5 Å². The van der Waals surface area contributed by atoms with Gasteiger partial charge in [0.2, 0.25) is 0 Å². The first kappa shape index (κ1) is 26.0. The van der Waals surface area contributed by atoms with Gasteiger partial charge in [0.1, 0.15) is 22.3 Å². The van der Waals surface area contributed by atoms with Crippen LogP contribution in [0.5, 0.6) is 0 Å². The van der Waals surface area contributed by atoms with Crippen LogP contribution in [0, 0.1) is 0 Å². The quantitative estimate of drug-likeness (QED) is 0.201. The summed E-state index contributed by atoms with van der Waals surface area (Å²) in [4.78, 5) is 2.29. The van der Waals surface area contributed by atoms with E-state index in [4.69, 9.17) is 8.83 Å². The SMILES string of the molecule is c1ccc(N(c2ccc(-c3cccc4ccc5c6ccccc6oc5c34)cc2)c2ccc3c(c2)oc2cc4ccccc4cc23)cc1. The molecule has 3 heteroatoms. The molecule has 3 nitrogen and oxygen atoms in total. The Morgan fingerprint density at radius 3 is 1.89 bits per heavy atom. The third-order valence-electron chi connectivity index (χ3n) is 9.42. The number of fused-ring (bicyclic) bond motifs is 9. The van der Waals surface area contributed by atoms with Crippen molar-refractivity contribution >= 4 is 82.5 Å². The van der Waals surface area contributed by atoms with Crippen LogP contribution in [-0.2, 0) is 0 Å². The lowest BCUT2D eigenvalue weighted by atomic mass is 9.96. The molecule has 0 unspecified atom stereocenters. The molecule has 0 atom stereocenters. The maximum Gasteiger partial charge on any atom is 0.143 e. The van der Waals surface area contributed by atoms with Crippen LogP contribution in [0.1, 0.15) is 0 Å². The van der Waals surface area contributed by atoms with Gasteiger partial charge < -0.3 is 13.7 Å². The first-order valence-electron chi connectivity index (χ1n) is 15.9. The van der Waals surface area contributed by atoms with E-state index in [2.05, 4.69) is 157 Å². The zero-order chi connectivity index (χ0) is 30.9. The smallest absolute Gasteiger partial charge is 0.143 e. The Bertz CT molecular complexity index is 2790. The molecule has 2 heterocycles. The van der Waals surface area contributed by atoms with Crippen LogP contribution in [0.2, 0.25) is 0 Å². The monoisotopic (exact) mass is 601 g/mol. The van der Waals surface area contributed by atoms with E-state index in [0.29, 0.717) is 0 Å². The highest BCUT2D eigenvalue weighted by molar-refractivity contribution is 6.19. The molecule has 0 radical (unpaired) electrons. The Morgan fingerprint density at radius 2 is 1.02 bits per heavy atom. The van der Waals surface area contributed by atoms with Crippen LogP contribution in [0.3, 0.4) is 0 Å². The number of rotatable bonds is 4. The van der Waals surface area contributed by atoms with Gasteiger partial charge in [-0.3, -0.25) is 0 Å². The lowest BCUT2D eigenvalue weighted by Crippen LogP contribution is -2.09. The summed E-state index contributed by atoms with van der Waals surface area (Å²) in [5, 5.41) is 9.22. The molecular formula is C44H27NO2. The van der Waals surface area contributed by atoms with Gasteiger partial charge in [0, 0.05) is 50.1 Å². The van der Waals surface area contributed by atoms with Crippen molar-refractivity contribution in [1.29, 1.82) is 0 Å². The van der Waals surface area contributed by atoms with Crippen LogP contribution < -0.4 is 4.90 Å². The lowest BCUT2D eigenvalue weighted by molar-refractivity contribution is 0.669. The summed E-state index contributed by atoms with van der Waals surface area (Å²) < 4.78 is 12.9. The Hall–Kier alpha value is -6.32. The third kappa shape index (κ3) is 4.07. The molecule has 8 aromatic carbocycles. The number of benzene rings is 8. The minimum absolute atomic E-state index is 0.871. The molecule has 0 saturated carbocycles. The molecule has 0 amide bonds. The molecule has 0 fully saturated rings. The zero-order valence-electron chi connectivity index (χ0n) is 25.4. The first-order chi connectivity index (χ1) is 23.3. The highest BCUT2D eigenvalue weighted by Crippen LogP contribution is 2.42. The van der Waals surface area contributed by atoms with E-state index in [-0.39, 0.29) is 0 Å². The van der Waals surface area contributed by atoms with Crippen LogP contribution in [0.15, 0.2) is 173 Å². The van der Waals surface area contributed by atoms with Gasteiger partial charge in [-0.25, -0.2) is 0 Å². The molecular weight excluding hydrogens is 574 g/mol. The summed E-state index contributed by atoms with van der Waals surface area (Å²) in [6, 6.07) is 57.8. The molecule has 0 aliphatic rings. The fourth-order valence-corrected chi connectivity index (χ4v) is 7.20. The molecule has 0 spiro atoms. The second-order valence-corrected chi connectivity index (χ2v) is 12.1. The van der Waals surface area contributed by atoms with Gasteiger partial charge in [-0.1, -0.05) is 97.1 Å². The van der Waals surface area contributed by atoms with Crippen molar-refractivity contribution in [3.8, 4) is 11.1 Å². The fourth-order valence-electron chi connectivity index (χ4n) is 7.20. The summed E-state index contributed by atoms with van der Waals surface area (Å²) in [6.45, 7) is 0. The molecule has 2 aromatic heterocycles. The second-order valence-electron chi connectivity index (χ2n) is 12.1. The fraction of sp³-hybridized carbons (Fsp3) is 0. The van der Waals surface area contributed by atoms with E-state index in [0.717, 1.165) is 82.8 Å². The highest BCUT2D eigenvalue weighted by atomic mass is 16.3. The van der Waals surface area contributed by atoms with Crippen molar-refractivity contribution in [2.24, 2.45) is 0 Å². The highest BCUT2D eigenvalue weighted by Gasteiger charge is 2.18. The van der Waals surface area contributed by atoms with E-state index in [1.807, 2.05) is 12.1 Å². The molecule has 10 rings (SSSR count). The number of para-hydroxylation sites is 2. The predicted octanol–water partition coefficient (Wildman–Crippen LogP) is 12.9. The van der Waals surface area contributed by atoms with Crippen molar-refractivity contribution in [3.63, 3.8) is 0 Å². The van der Waals surface area contributed by atoms with Crippen molar-refractivity contribution in [2.75, 3.05) is 4.90 Å². The zero-order valence-corrected chi connectivity index (χ0v) is 25.4. The average Bonchev–Trinajstić information content (AvgIpc) is 3.69. The standard InChI is InChI=1S/C44H27NO2/c1-2-12-32(13-3-1)45(34-22-24-37-39-25-30-9-4-5-10-31(30)26-41(39)46-42(37)27-34)33-20-17-28(18-21-33)35-15-8-11-29-19-23-38-36-14-6-7-16-40(36)47-44(38)43(29)35/h1-27H. The van der Waals surface area contributed by atoms with E-state index in [9.17, 15) is 0 Å². The van der Waals surface area contributed by atoms with Crippen LogP contribution in [0.25, 0.3) is 76.5 Å². The van der Waals surface area contributed by atoms with E-state index < -0.39 is 0 Å². The minimum atomic E-state index is 0.871. The number of hydrogen-bond donors (Lipinski definition) is 0. The maximum absolute atomic E-state index is 6.47. The van der Waals surface area contributed by atoms with Gasteiger partial charge in [-0.05, 0) is 87.9 Å². The number of furan rings is 2. The summed E-state index contributed by atoms with van der Waals surface area (Å²) in [7, 11) is 0. The predicted molar refractivity (Wildman–Crippen MR) is 196 cm³/mol. The Kier molecular flexibility index (Phi) is 5.57. The minimum Gasteiger partial charge on any atom is -0.456 e. The van der Waals surface area contributed by atoms with Crippen molar-refractivity contribution in [3.05, 3.63) is 164 Å². The van der Waals surface area contributed by atoms with Crippen LogP contribution in [0.4, 0.5) is 17.1 Å². The Morgan fingerprint density at radius 1 is 0.362 bits per heavy atom. The molecule has 10 aromatic rings. The van der Waals surface area contributed by atoms with Crippen molar-refractivity contribution in [2.45, 2.75) is 0 Å². The molecule has 0 aliphatic carbocycles. The summed E-state index contributed by atoms with van der Waals surface area (Å²) in [5.74, 6) is 0. The third-order valence-corrected chi connectivity index (χ3v) is 9.42. The molecule has 0 aliphatic heterocycles. The van der Waals surface area contributed by atoms with Crippen LogP contribution in [-0.4, -0.2) is 0 Å². The molecule has 220 valence electrons. The average molecular weight is 602 g/mol. The van der Waals surface area contributed by atoms with Gasteiger partial charge >= 0.3 is 0 Å². The van der Waals surface area contributed by atoms with Gasteiger partial charge in [-0.15, -0.1) is 0 Å². The molecule has 47 heavy (non-hydrogen) atoms. The first-order valence-corrected chi connectivity index (χ1v) is 15.9. The second kappa shape index (κ2) is 10.1. The molecule has 0 saturated heterocycles. The van der Waals surface area contributed by atoms with Gasteiger partial charge in [0.05, 0.1) is 0 Å². The van der Waals surface area contributed by atoms with Crippen LogP contribution >= 0.6 is 0 Å². The summed E-state index contributed by atoms with van der Waals surface area (Å²) >= 11 is 0. The number of anilines is 3. The van der Waals surface area contributed by atoms with E-state index >= 15 is 0 Å². The normalized spacial score (nSPS) is 11.8.